The van der Waals surface area contributed by atoms with E-state index in [-0.39, 0.29) is 17.9 Å². The maximum atomic E-state index is 11.9. The van der Waals surface area contributed by atoms with Crippen LogP contribution in [0.25, 0.3) is 0 Å². The van der Waals surface area contributed by atoms with Crippen LogP contribution in [-0.2, 0) is 9.53 Å². The van der Waals surface area contributed by atoms with Crippen molar-refractivity contribution in [3.63, 3.8) is 0 Å². The Labute approximate surface area is 113 Å². The maximum absolute atomic E-state index is 11.9. The van der Waals surface area contributed by atoms with Crippen molar-refractivity contribution in [3.05, 3.63) is 29.8 Å². The molecule has 0 heterocycles. The average Bonchev–Trinajstić information content (AvgIpc) is 2.38. The van der Waals surface area contributed by atoms with Crippen molar-refractivity contribution in [2.45, 2.75) is 12.7 Å². The van der Waals surface area contributed by atoms with E-state index in [1.807, 2.05) is 0 Å². The number of benzene rings is 1. The third-order valence-corrected chi connectivity index (χ3v) is 2.28. The van der Waals surface area contributed by atoms with Gasteiger partial charge >= 0.3 is 12.6 Å². The number of carboxylic acid groups (broad SMARTS) is 1. The summed E-state index contributed by atoms with van der Waals surface area (Å²) in [7, 11) is 1.30. The summed E-state index contributed by atoms with van der Waals surface area (Å²) in [5.41, 5.74) is 0.119. The van der Waals surface area contributed by atoms with Crippen LogP contribution in [0.2, 0.25) is 0 Å². The number of hydrogen-bond donors (Lipinski definition) is 2. The Kier molecular flexibility index (Phi) is 5.85. The summed E-state index contributed by atoms with van der Waals surface area (Å²) in [6.45, 7) is -3.14. The Bertz CT molecular complexity index is 463. The lowest BCUT2D eigenvalue weighted by Gasteiger charge is -2.13. The monoisotopic (exact) mass is 289 g/mol. The van der Waals surface area contributed by atoms with Gasteiger partial charge in [-0.1, -0.05) is 0 Å². The molecule has 20 heavy (non-hydrogen) atoms. The molecule has 0 spiro atoms. The van der Waals surface area contributed by atoms with E-state index < -0.39 is 24.5 Å². The zero-order valence-corrected chi connectivity index (χ0v) is 10.5. The van der Waals surface area contributed by atoms with Gasteiger partial charge in [0.05, 0.1) is 6.61 Å². The normalized spacial score (nSPS) is 12.0. The van der Waals surface area contributed by atoms with Gasteiger partial charge in [-0.15, -0.1) is 0 Å². The fourth-order valence-corrected chi connectivity index (χ4v) is 1.37. The van der Waals surface area contributed by atoms with Crippen LogP contribution in [0.5, 0.6) is 5.75 Å². The van der Waals surface area contributed by atoms with Gasteiger partial charge in [0.25, 0.3) is 5.91 Å². The summed E-state index contributed by atoms with van der Waals surface area (Å²) in [6, 6.07) is 3.68. The summed E-state index contributed by atoms with van der Waals surface area (Å²) >= 11 is 0. The number of methoxy groups -OCH3 is 1. The summed E-state index contributed by atoms with van der Waals surface area (Å²) in [5, 5.41) is 11.1. The Hall–Kier alpha value is -2.22. The van der Waals surface area contributed by atoms with Crippen LogP contribution in [0.15, 0.2) is 24.3 Å². The van der Waals surface area contributed by atoms with E-state index >= 15 is 0 Å². The highest BCUT2D eigenvalue weighted by Crippen LogP contribution is 2.14. The first kappa shape index (κ1) is 15.8. The summed E-state index contributed by atoms with van der Waals surface area (Å²) < 4.78 is 32.7. The zero-order chi connectivity index (χ0) is 15.1. The SMILES string of the molecule is COCC(NC(=O)c1ccc(OC(F)F)cc1)C(=O)O. The molecule has 0 aliphatic carbocycles. The fraction of sp³-hybridized carbons (Fsp3) is 0.333. The van der Waals surface area contributed by atoms with Crippen molar-refractivity contribution in [1.82, 2.24) is 5.32 Å². The van der Waals surface area contributed by atoms with Crippen molar-refractivity contribution >= 4 is 11.9 Å². The molecule has 0 radical (unpaired) electrons. The first-order chi connectivity index (χ1) is 9.43. The van der Waals surface area contributed by atoms with Crippen molar-refractivity contribution < 1.29 is 33.0 Å². The molecule has 0 saturated heterocycles. The number of ether oxygens (including phenoxy) is 2. The number of carbonyl (C=O) groups is 2. The van der Waals surface area contributed by atoms with Crippen molar-refractivity contribution in [3.8, 4) is 5.75 Å². The van der Waals surface area contributed by atoms with E-state index in [2.05, 4.69) is 14.8 Å². The van der Waals surface area contributed by atoms with Gasteiger partial charge in [-0.05, 0) is 24.3 Å². The van der Waals surface area contributed by atoms with E-state index in [4.69, 9.17) is 5.11 Å². The average molecular weight is 289 g/mol. The highest BCUT2D eigenvalue weighted by molar-refractivity contribution is 5.96. The van der Waals surface area contributed by atoms with Crippen LogP contribution in [0.1, 0.15) is 10.4 Å². The lowest BCUT2D eigenvalue weighted by atomic mass is 10.2. The minimum absolute atomic E-state index is 0.0942. The number of halogens is 2. The molecule has 2 N–H and O–H groups in total. The summed E-state index contributed by atoms with van der Waals surface area (Å²) in [4.78, 5) is 22.6. The minimum Gasteiger partial charge on any atom is -0.480 e. The Balaban J connectivity index is 2.69. The van der Waals surface area contributed by atoms with Gasteiger partial charge in [0.1, 0.15) is 5.75 Å². The lowest BCUT2D eigenvalue weighted by Crippen LogP contribution is -2.43. The predicted molar refractivity (Wildman–Crippen MR) is 63.8 cm³/mol. The van der Waals surface area contributed by atoms with Crippen LogP contribution in [0.4, 0.5) is 8.78 Å². The molecule has 1 unspecified atom stereocenters. The number of nitrogens with one attached hydrogen (secondary N) is 1. The van der Waals surface area contributed by atoms with E-state index in [0.29, 0.717) is 0 Å². The smallest absolute Gasteiger partial charge is 0.387 e. The van der Waals surface area contributed by atoms with Gasteiger partial charge in [0.15, 0.2) is 6.04 Å². The number of alkyl halides is 2. The molecule has 1 rings (SSSR count). The Morgan fingerprint density at radius 1 is 1.30 bits per heavy atom. The fourth-order valence-electron chi connectivity index (χ4n) is 1.37. The van der Waals surface area contributed by atoms with Crippen molar-refractivity contribution in [2.75, 3.05) is 13.7 Å². The van der Waals surface area contributed by atoms with Gasteiger partial charge in [0.2, 0.25) is 0 Å². The van der Waals surface area contributed by atoms with E-state index in [1.165, 1.54) is 31.4 Å². The molecular weight excluding hydrogens is 276 g/mol. The van der Waals surface area contributed by atoms with Crippen molar-refractivity contribution in [1.29, 1.82) is 0 Å². The molecular formula is C12H13F2NO5. The van der Waals surface area contributed by atoms with E-state index in [1.54, 1.807) is 0 Å². The number of amides is 1. The second-order valence-corrected chi connectivity index (χ2v) is 3.72. The van der Waals surface area contributed by atoms with Gasteiger partial charge in [-0.2, -0.15) is 8.78 Å². The van der Waals surface area contributed by atoms with Crippen LogP contribution in [0, 0.1) is 0 Å². The third-order valence-electron chi connectivity index (χ3n) is 2.28. The standard InChI is InChI=1S/C12H13F2NO5/c1-19-6-9(11(17)18)15-10(16)7-2-4-8(5-3-7)20-12(13)14/h2-5,9,12H,6H2,1H3,(H,15,16)(H,17,18). The number of carbonyl (C=O) groups excluding carboxylic acids is 1. The second-order valence-electron chi connectivity index (χ2n) is 3.72. The molecule has 1 amide bonds. The highest BCUT2D eigenvalue weighted by Gasteiger charge is 2.20. The van der Waals surface area contributed by atoms with Gasteiger partial charge < -0.3 is 19.9 Å². The topological polar surface area (TPSA) is 84.9 Å². The van der Waals surface area contributed by atoms with Crippen LogP contribution >= 0.6 is 0 Å². The molecule has 0 bridgehead atoms. The van der Waals surface area contributed by atoms with Crippen LogP contribution < -0.4 is 10.1 Å². The highest BCUT2D eigenvalue weighted by atomic mass is 19.3. The first-order valence-electron chi connectivity index (χ1n) is 5.51. The molecule has 0 aliphatic heterocycles. The molecule has 0 aromatic heterocycles. The van der Waals surface area contributed by atoms with Gasteiger partial charge in [0, 0.05) is 12.7 Å². The molecule has 1 atom stereocenters. The van der Waals surface area contributed by atoms with Gasteiger partial charge in [-0.3, -0.25) is 4.79 Å². The Morgan fingerprint density at radius 3 is 2.35 bits per heavy atom. The molecule has 0 aliphatic rings. The number of hydrogen-bond acceptors (Lipinski definition) is 4. The molecule has 1 aromatic carbocycles. The second kappa shape index (κ2) is 7.39. The zero-order valence-electron chi connectivity index (χ0n) is 10.5. The molecule has 8 heteroatoms. The summed E-state index contributed by atoms with van der Waals surface area (Å²) in [5.74, 6) is -1.99. The Morgan fingerprint density at radius 2 is 1.90 bits per heavy atom. The number of carboxylic acids is 1. The largest absolute Gasteiger partial charge is 0.480 e. The number of rotatable bonds is 7. The maximum Gasteiger partial charge on any atom is 0.387 e. The quantitative estimate of drug-likeness (QED) is 0.785. The van der Waals surface area contributed by atoms with E-state index in [9.17, 15) is 18.4 Å². The molecule has 6 nitrogen and oxygen atoms in total. The van der Waals surface area contributed by atoms with Crippen LogP contribution in [-0.4, -0.2) is 43.4 Å². The summed E-state index contributed by atoms with van der Waals surface area (Å²) in [6.07, 6.45) is 0. The molecule has 0 fully saturated rings. The molecule has 110 valence electrons. The third kappa shape index (κ3) is 4.81. The predicted octanol–water partition coefficient (Wildman–Crippen LogP) is 1.12. The molecule has 1 aromatic rings. The van der Waals surface area contributed by atoms with Gasteiger partial charge in [-0.25, -0.2) is 4.79 Å². The first-order valence-corrected chi connectivity index (χ1v) is 5.51. The van der Waals surface area contributed by atoms with Crippen molar-refractivity contribution in [2.24, 2.45) is 0 Å². The van der Waals surface area contributed by atoms with Crippen LogP contribution in [0.3, 0.4) is 0 Å². The minimum atomic E-state index is -2.95. The number of aliphatic carboxylic acids is 1. The van der Waals surface area contributed by atoms with E-state index in [0.717, 1.165) is 0 Å². The molecule has 0 saturated carbocycles. The lowest BCUT2D eigenvalue weighted by molar-refractivity contribution is -0.140.